The van der Waals surface area contributed by atoms with Gasteiger partial charge in [-0.25, -0.2) is 0 Å². The molecule has 0 aromatic carbocycles. The molecule has 1 aliphatic rings. The van der Waals surface area contributed by atoms with Crippen LogP contribution in [0.15, 0.2) is 8.96 Å². The lowest BCUT2D eigenvalue weighted by atomic mass is 10.0. The number of carbonyl (C=O) groups excluding carboxylic acids is 1. The summed E-state index contributed by atoms with van der Waals surface area (Å²) in [6, 6.07) is 0. The first-order valence-corrected chi connectivity index (χ1v) is 5.89. The Kier molecular flexibility index (Phi) is 3.79. The van der Waals surface area contributed by atoms with Crippen molar-refractivity contribution in [3.63, 3.8) is 0 Å². The third-order valence-corrected chi connectivity index (χ3v) is 3.25. The summed E-state index contributed by atoms with van der Waals surface area (Å²) in [6.07, 6.45) is 0. The zero-order valence-electron chi connectivity index (χ0n) is 6.31. The second-order valence-electron chi connectivity index (χ2n) is 2.55. The van der Waals surface area contributed by atoms with Crippen molar-refractivity contribution in [1.82, 2.24) is 0 Å². The predicted molar refractivity (Wildman–Crippen MR) is 57.7 cm³/mol. The van der Waals surface area contributed by atoms with Crippen LogP contribution in [0.1, 0.15) is 6.92 Å². The van der Waals surface area contributed by atoms with Gasteiger partial charge in [0, 0.05) is 10.4 Å². The fourth-order valence-corrected chi connectivity index (χ4v) is 2.36. The van der Waals surface area contributed by atoms with Gasteiger partial charge in [0.05, 0.1) is 9.31 Å². The molecule has 2 nitrogen and oxygen atoms in total. The maximum atomic E-state index is 11.2. The van der Waals surface area contributed by atoms with Gasteiger partial charge in [-0.3, -0.25) is 4.79 Å². The number of esters is 1. The molecule has 2 atom stereocenters. The Labute approximate surface area is 96.1 Å². The molecule has 0 radical (unpaired) electrons. The average Bonchev–Trinajstić information content (AvgIpc) is 2.30. The number of halogens is 3. The number of alkyl halides is 1. The monoisotopic (exact) mass is 360 g/mol. The summed E-state index contributed by atoms with van der Waals surface area (Å²) in [7, 11) is 0. The lowest BCUT2D eigenvalue weighted by Crippen LogP contribution is -2.18. The molecule has 1 saturated heterocycles. The van der Waals surface area contributed by atoms with Gasteiger partial charge >= 0.3 is 5.97 Å². The summed E-state index contributed by atoms with van der Waals surface area (Å²) >= 11 is 9.93. The van der Waals surface area contributed by atoms with Gasteiger partial charge in [0.2, 0.25) is 0 Å². The molecular weight excluding hydrogens is 356 g/mol. The minimum Gasteiger partial charge on any atom is -0.461 e. The molecule has 0 aromatic rings. The number of hydrogen-bond acceptors (Lipinski definition) is 2. The van der Waals surface area contributed by atoms with Crippen molar-refractivity contribution in [1.29, 1.82) is 0 Å². The van der Waals surface area contributed by atoms with Crippen molar-refractivity contribution >= 4 is 53.8 Å². The van der Waals surface area contributed by atoms with Crippen LogP contribution < -0.4 is 0 Å². The Morgan fingerprint density at radius 3 is 2.58 bits per heavy atom. The Bertz CT molecular complexity index is 231. The van der Waals surface area contributed by atoms with Gasteiger partial charge in [-0.15, -0.1) is 0 Å². The summed E-state index contributed by atoms with van der Waals surface area (Å²) in [6.45, 7) is 2.31. The minimum atomic E-state index is -0.168. The van der Waals surface area contributed by atoms with Crippen LogP contribution >= 0.6 is 47.8 Å². The molecule has 1 aliphatic heterocycles. The van der Waals surface area contributed by atoms with Crippen molar-refractivity contribution < 1.29 is 9.53 Å². The Hall–Kier alpha value is 0.650. The highest BCUT2D eigenvalue weighted by Gasteiger charge is 2.36. The summed E-state index contributed by atoms with van der Waals surface area (Å²) in [5.74, 6) is -0.329. The first-order chi connectivity index (χ1) is 5.54. The second kappa shape index (κ2) is 4.24. The van der Waals surface area contributed by atoms with Crippen LogP contribution in [0, 0.1) is 5.92 Å². The van der Waals surface area contributed by atoms with Crippen molar-refractivity contribution in [3.8, 4) is 0 Å². The number of hydrogen-bond donors (Lipinski definition) is 0. The van der Waals surface area contributed by atoms with Crippen molar-refractivity contribution in [2.75, 3.05) is 6.61 Å². The van der Waals surface area contributed by atoms with Crippen LogP contribution in [-0.2, 0) is 9.53 Å². The summed E-state index contributed by atoms with van der Waals surface area (Å²) in [5.41, 5.74) is 0.962. The first-order valence-electron chi connectivity index (χ1n) is 3.38. The molecule has 1 fully saturated rings. The number of ether oxygens (including phenoxy) is 1. The highest BCUT2D eigenvalue weighted by atomic mass is 79.9. The molecule has 0 N–H and O–H groups in total. The van der Waals surface area contributed by atoms with Crippen LogP contribution in [0.5, 0.6) is 0 Å². The standard InChI is InChI=1S/C7H7Br3O2/c1-3(8)5-4(6(9)10)2-12-7(5)11/h3,5H,2H2,1H3/t3-,5?/m0/s1. The molecule has 0 spiro atoms. The van der Waals surface area contributed by atoms with E-state index >= 15 is 0 Å². The molecule has 12 heavy (non-hydrogen) atoms. The fourth-order valence-electron chi connectivity index (χ4n) is 1.11. The lowest BCUT2D eigenvalue weighted by molar-refractivity contribution is -0.141. The molecule has 1 rings (SSSR count). The van der Waals surface area contributed by atoms with E-state index in [4.69, 9.17) is 4.74 Å². The summed E-state index contributed by atoms with van der Waals surface area (Å²) in [5, 5.41) is 0. The second-order valence-corrected chi connectivity index (χ2v) is 6.64. The van der Waals surface area contributed by atoms with E-state index in [1.165, 1.54) is 0 Å². The van der Waals surface area contributed by atoms with E-state index in [2.05, 4.69) is 47.8 Å². The van der Waals surface area contributed by atoms with Gasteiger partial charge in [0.25, 0.3) is 0 Å². The minimum absolute atomic E-state index is 0.104. The molecule has 0 saturated carbocycles. The van der Waals surface area contributed by atoms with Crippen LogP contribution in [0.3, 0.4) is 0 Å². The zero-order chi connectivity index (χ0) is 9.30. The third kappa shape index (κ3) is 2.12. The van der Waals surface area contributed by atoms with Crippen LogP contribution in [0.25, 0.3) is 0 Å². The largest absolute Gasteiger partial charge is 0.461 e. The van der Waals surface area contributed by atoms with E-state index in [0.29, 0.717) is 6.61 Å². The smallest absolute Gasteiger partial charge is 0.314 e. The molecule has 68 valence electrons. The van der Waals surface area contributed by atoms with Crippen LogP contribution in [-0.4, -0.2) is 17.4 Å². The summed E-state index contributed by atoms with van der Waals surface area (Å²) in [4.78, 5) is 11.3. The Morgan fingerprint density at radius 2 is 2.25 bits per heavy atom. The van der Waals surface area contributed by atoms with Gasteiger partial charge in [-0.2, -0.15) is 0 Å². The van der Waals surface area contributed by atoms with E-state index < -0.39 is 0 Å². The Morgan fingerprint density at radius 1 is 1.67 bits per heavy atom. The molecule has 0 bridgehead atoms. The summed E-state index contributed by atoms with van der Waals surface area (Å²) < 4.78 is 5.73. The van der Waals surface area contributed by atoms with Crippen molar-refractivity contribution in [2.24, 2.45) is 5.92 Å². The van der Waals surface area contributed by atoms with Crippen LogP contribution in [0.4, 0.5) is 0 Å². The zero-order valence-corrected chi connectivity index (χ0v) is 11.1. The lowest BCUT2D eigenvalue weighted by Gasteiger charge is -2.09. The number of carbonyl (C=O) groups is 1. The van der Waals surface area contributed by atoms with E-state index in [-0.39, 0.29) is 16.7 Å². The molecule has 5 heteroatoms. The van der Waals surface area contributed by atoms with Gasteiger partial charge in [-0.05, 0) is 31.9 Å². The maximum Gasteiger partial charge on any atom is 0.314 e. The normalized spacial score (nSPS) is 25.5. The topological polar surface area (TPSA) is 26.3 Å². The molecule has 0 aromatic heterocycles. The molecule has 0 aliphatic carbocycles. The van der Waals surface area contributed by atoms with Crippen LogP contribution in [0.2, 0.25) is 0 Å². The van der Waals surface area contributed by atoms with Crippen molar-refractivity contribution in [2.45, 2.75) is 11.8 Å². The Balaban J connectivity index is 2.93. The quantitative estimate of drug-likeness (QED) is 0.529. The average molecular weight is 363 g/mol. The molecular formula is C7H7Br3O2. The van der Waals surface area contributed by atoms with Gasteiger partial charge in [-0.1, -0.05) is 22.9 Å². The molecule has 0 amide bonds. The number of cyclic esters (lactones) is 1. The number of rotatable bonds is 1. The SMILES string of the molecule is C[C@H](Br)C1C(=O)OCC1=C(Br)Br. The highest BCUT2D eigenvalue weighted by molar-refractivity contribution is 9.28. The highest BCUT2D eigenvalue weighted by Crippen LogP contribution is 2.34. The predicted octanol–water partition coefficient (Wildman–Crippen LogP) is 2.94. The van der Waals surface area contributed by atoms with E-state index in [1.54, 1.807) is 0 Å². The van der Waals surface area contributed by atoms with Crippen molar-refractivity contribution in [3.05, 3.63) is 8.96 Å². The van der Waals surface area contributed by atoms with E-state index in [9.17, 15) is 4.79 Å². The van der Waals surface area contributed by atoms with E-state index in [0.717, 1.165) is 8.96 Å². The molecule has 1 unspecified atom stereocenters. The maximum absolute atomic E-state index is 11.2. The van der Waals surface area contributed by atoms with Gasteiger partial charge in [0.1, 0.15) is 6.61 Å². The van der Waals surface area contributed by atoms with Gasteiger partial charge in [0.15, 0.2) is 0 Å². The third-order valence-electron chi connectivity index (χ3n) is 1.70. The fraction of sp³-hybridized carbons (Fsp3) is 0.571. The molecule has 1 heterocycles. The van der Waals surface area contributed by atoms with Gasteiger partial charge < -0.3 is 4.74 Å². The first kappa shape index (κ1) is 10.7. The van der Waals surface area contributed by atoms with E-state index in [1.807, 2.05) is 6.92 Å².